The first-order chi connectivity index (χ1) is 19.2. The summed E-state index contributed by atoms with van der Waals surface area (Å²) in [6.45, 7) is 6.19. The Kier molecular flexibility index (Phi) is 11.1. The molecular formula is C29H31BrN4O6. The molecule has 0 spiro atoms. The van der Waals surface area contributed by atoms with Crippen LogP contribution in [0.4, 0.5) is 11.4 Å². The second-order valence-corrected chi connectivity index (χ2v) is 9.52. The molecule has 11 heteroatoms. The second kappa shape index (κ2) is 14.7. The molecule has 0 aliphatic carbocycles. The average molecular weight is 611 g/mol. The number of para-hydroxylation sites is 1. The third kappa shape index (κ3) is 8.57. The van der Waals surface area contributed by atoms with Crippen molar-refractivity contribution >= 4 is 51.2 Å². The number of ether oxygens (including phenoxy) is 3. The van der Waals surface area contributed by atoms with Crippen molar-refractivity contribution in [2.75, 3.05) is 31.0 Å². The van der Waals surface area contributed by atoms with E-state index in [-0.39, 0.29) is 12.5 Å². The van der Waals surface area contributed by atoms with Crippen molar-refractivity contribution < 1.29 is 28.6 Å². The summed E-state index contributed by atoms with van der Waals surface area (Å²) in [5, 5.41) is 9.21. The molecule has 3 amide bonds. The lowest BCUT2D eigenvalue weighted by Gasteiger charge is -2.15. The number of hydrazone groups is 1. The summed E-state index contributed by atoms with van der Waals surface area (Å²) in [5.41, 5.74) is 5.82. The van der Waals surface area contributed by atoms with E-state index in [1.807, 2.05) is 39.0 Å². The molecule has 0 bridgehead atoms. The van der Waals surface area contributed by atoms with Crippen LogP contribution in [0.1, 0.15) is 30.0 Å². The number of amides is 3. The third-order valence-corrected chi connectivity index (χ3v) is 6.10. The molecule has 0 unspecified atom stereocenters. The lowest BCUT2D eigenvalue weighted by Crippen LogP contribution is -2.32. The summed E-state index contributed by atoms with van der Waals surface area (Å²) in [6, 6.07) is 15.7. The van der Waals surface area contributed by atoms with Gasteiger partial charge in [-0.15, -0.1) is 0 Å². The maximum Gasteiger partial charge on any atom is 0.329 e. The van der Waals surface area contributed by atoms with E-state index in [1.54, 1.807) is 36.4 Å². The molecule has 0 saturated heterocycles. The van der Waals surface area contributed by atoms with E-state index >= 15 is 0 Å². The number of carbonyl (C=O) groups excluding carboxylic acids is 3. The molecule has 3 aromatic rings. The fourth-order valence-electron chi connectivity index (χ4n) is 3.54. The zero-order valence-corrected chi connectivity index (χ0v) is 24.3. The van der Waals surface area contributed by atoms with Gasteiger partial charge in [-0.1, -0.05) is 25.1 Å². The van der Waals surface area contributed by atoms with E-state index in [0.717, 1.165) is 23.2 Å². The Balaban J connectivity index is 1.56. The van der Waals surface area contributed by atoms with Gasteiger partial charge < -0.3 is 24.8 Å². The molecule has 210 valence electrons. The maximum atomic E-state index is 12.5. The van der Waals surface area contributed by atoms with Crippen LogP contribution in [-0.4, -0.2) is 44.3 Å². The summed E-state index contributed by atoms with van der Waals surface area (Å²) in [7, 11) is 1.46. The molecule has 3 N–H and O–H groups in total. The number of hydrogen-bond acceptors (Lipinski definition) is 7. The van der Waals surface area contributed by atoms with Crippen LogP contribution >= 0.6 is 15.9 Å². The molecule has 0 aliphatic heterocycles. The van der Waals surface area contributed by atoms with Crippen LogP contribution in [0.25, 0.3) is 0 Å². The number of methoxy groups -OCH3 is 1. The molecule has 10 nitrogen and oxygen atoms in total. The van der Waals surface area contributed by atoms with Crippen molar-refractivity contribution in [1.82, 2.24) is 5.43 Å². The van der Waals surface area contributed by atoms with E-state index in [0.29, 0.717) is 39.6 Å². The van der Waals surface area contributed by atoms with Gasteiger partial charge in [0.05, 0.1) is 24.4 Å². The largest absolute Gasteiger partial charge is 0.494 e. The fourth-order valence-corrected chi connectivity index (χ4v) is 4.11. The topological polar surface area (TPSA) is 127 Å². The highest BCUT2D eigenvalue weighted by Gasteiger charge is 2.16. The minimum absolute atomic E-state index is 0.240. The van der Waals surface area contributed by atoms with Gasteiger partial charge in [-0.2, -0.15) is 5.10 Å². The molecule has 0 heterocycles. The molecule has 0 aliphatic rings. The number of anilines is 2. The molecule has 0 aromatic heterocycles. The molecule has 40 heavy (non-hydrogen) atoms. The first kappa shape index (κ1) is 30.2. The van der Waals surface area contributed by atoms with E-state index < -0.39 is 11.8 Å². The standard InChI is InChI=1S/C29H31BrN4O6/c1-5-13-39-22-11-9-21(10-12-22)32-28(36)29(37)34-31-16-20-14-23(30)27(24(15-20)38-4)40-17-25(35)33-26-18(2)7-6-8-19(26)3/h6-12,14-16H,5,13,17H2,1-4H3,(H,32,36)(H,33,35)(H,34,37)/b31-16-. The molecule has 3 rings (SSSR count). The number of nitrogens with one attached hydrogen (secondary N) is 3. The number of nitrogens with zero attached hydrogens (tertiary/aromatic N) is 1. The van der Waals surface area contributed by atoms with Crippen LogP contribution in [0, 0.1) is 13.8 Å². The molecule has 3 aromatic carbocycles. The highest BCUT2D eigenvalue weighted by molar-refractivity contribution is 9.10. The normalized spacial score (nSPS) is 10.6. The summed E-state index contributed by atoms with van der Waals surface area (Å²) >= 11 is 3.42. The summed E-state index contributed by atoms with van der Waals surface area (Å²) < 4.78 is 17.1. The van der Waals surface area contributed by atoms with Crippen LogP contribution in [-0.2, 0) is 14.4 Å². The van der Waals surface area contributed by atoms with E-state index in [1.165, 1.54) is 13.3 Å². The summed E-state index contributed by atoms with van der Waals surface area (Å²) in [5.74, 6) is -0.798. The van der Waals surface area contributed by atoms with Gasteiger partial charge in [0.1, 0.15) is 5.75 Å². The average Bonchev–Trinajstić information content (AvgIpc) is 2.93. The van der Waals surface area contributed by atoms with Crippen molar-refractivity contribution in [1.29, 1.82) is 0 Å². The van der Waals surface area contributed by atoms with Crippen molar-refractivity contribution in [3.8, 4) is 17.2 Å². The summed E-state index contributed by atoms with van der Waals surface area (Å²) in [6.07, 6.45) is 2.23. The predicted octanol–water partition coefficient (Wildman–Crippen LogP) is 4.97. The van der Waals surface area contributed by atoms with Crippen LogP contribution in [0.5, 0.6) is 17.2 Å². The Morgan fingerprint density at radius 2 is 1.65 bits per heavy atom. The molecule has 0 fully saturated rings. The lowest BCUT2D eigenvalue weighted by molar-refractivity contribution is -0.136. The zero-order valence-electron chi connectivity index (χ0n) is 22.7. The number of carbonyl (C=O) groups is 3. The van der Waals surface area contributed by atoms with Gasteiger partial charge in [-0.3, -0.25) is 14.4 Å². The van der Waals surface area contributed by atoms with Crippen molar-refractivity contribution in [2.24, 2.45) is 5.10 Å². The number of hydrogen-bond donors (Lipinski definition) is 3. The number of rotatable bonds is 11. The number of aryl methyl sites for hydroxylation is 2. The first-order valence-corrected chi connectivity index (χ1v) is 13.2. The smallest absolute Gasteiger partial charge is 0.329 e. The van der Waals surface area contributed by atoms with E-state index in [2.05, 4.69) is 37.1 Å². The van der Waals surface area contributed by atoms with Gasteiger partial charge in [0.2, 0.25) is 0 Å². The van der Waals surface area contributed by atoms with Gasteiger partial charge in [0, 0.05) is 11.4 Å². The SMILES string of the molecule is CCCOc1ccc(NC(=O)C(=O)N/N=C\c2cc(Br)c(OCC(=O)Nc3c(C)cccc3C)c(OC)c2)cc1. The lowest BCUT2D eigenvalue weighted by atomic mass is 10.1. The maximum absolute atomic E-state index is 12.5. The Morgan fingerprint density at radius 1 is 0.950 bits per heavy atom. The first-order valence-electron chi connectivity index (χ1n) is 12.5. The molecular weight excluding hydrogens is 580 g/mol. The van der Waals surface area contributed by atoms with Gasteiger partial charge in [0.25, 0.3) is 5.91 Å². The Bertz CT molecular complexity index is 1370. The van der Waals surface area contributed by atoms with Crippen molar-refractivity contribution in [3.63, 3.8) is 0 Å². The third-order valence-electron chi connectivity index (χ3n) is 5.52. The van der Waals surface area contributed by atoms with Crippen LogP contribution in [0.2, 0.25) is 0 Å². The van der Waals surface area contributed by atoms with Gasteiger partial charge in [0.15, 0.2) is 18.1 Å². The quantitative estimate of drug-likeness (QED) is 0.160. The molecule has 0 saturated carbocycles. The Morgan fingerprint density at radius 3 is 2.30 bits per heavy atom. The van der Waals surface area contributed by atoms with E-state index in [9.17, 15) is 14.4 Å². The molecule has 0 radical (unpaired) electrons. The number of benzene rings is 3. The highest BCUT2D eigenvalue weighted by Crippen LogP contribution is 2.36. The zero-order chi connectivity index (χ0) is 29.1. The fraction of sp³-hybridized carbons (Fsp3) is 0.241. The van der Waals surface area contributed by atoms with Crippen LogP contribution in [0.3, 0.4) is 0 Å². The van der Waals surface area contributed by atoms with Crippen LogP contribution in [0.15, 0.2) is 64.2 Å². The monoisotopic (exact) mass is 610 g/mol. The number of halogens is 1. The van der Waals surface area contributed by atoms with Gasteiger partial charge in [-0.25, -0.2) is 5.43 Å². The highest BCUT2D eigenvalue weighted by atomic mass is 79.9. The van der Waals surface area contributed by atoms with Gasteiger partial charge in [-0.05, 0) is 89.3 Å². The molecule has 0 atom stereocenters. The van der Waals surface area contributed by atoms with Crippen molar-refractivity contribution in [2.45, 2.75) is 27.2 Å². The van der Waals surface area contributed by atoms with Gasteiger partial charge >= 0.3 is 11.8 Å². The Hall–Kier alpha value is -4.38. The predicted molar refractivity (Wildman–Crippen MR) is 157 cm³/mol. The minimum Gasteiger partial charge on any atom is -0.494 e. The minimum atomic E-state index is -0.941. The van der Waals surface area contributed by atoms with Crippen molar-refractivity contribution in [3.05, 3.63) is 75.8 Å². The van der Waals surface area contributed by atoms with Crippen LogP contribution < -0.4 is 30.3 Å². The summed E-state index contributed by atoms with van der Waals surface area (Å²) in [4.78, 5) is 36.8. The second-order valence-electron chi connectivity index (χ2n) is 8.66. The Labute approximate surface area is 241 Å². The van der Waals surface area contributed by atoms with E-state index in [4.69, 9.17) is 14.2 Å².